The number of hydrogen-bond acceptors (Lipinski definition) is 2. The minimum atomic E-state index is -0.138. The average molecular weight is 262 g/mol. The lowest BCUT2D eigenvalue weighted by Gasteiger charge is -2.00. The van der Waals surface area contributed by atoms with E-state index >= 15 is 0 Å². The zero-order valence-electron chi connectivity index (χ0n) is 6.00. The van der Waals surface area contributed by atoms with Crippen LogP contribution in [0.3, 0.4) is 0 Å². The van der Waals surface area contributed by atoms with Crippen molar-refractivity contribution in [1.82, 2.24) is 0 Å². The first-order valence-corrected chi connectivity index (χ1v) is 4.47. The summed E-state index contributed by atoms with van der Waals surface area (Å²) in [6.45, 7) is 1.88. The first kappa shape index (κ1) is 7.21. The Balaban J connectivity index is 2.49. The molecule has 0 saturated carbocycles. The van der Waals surface area contributed by atoms with E-state index in [-0.39, 0.29) is 6.29 Å². The lowest BCUT2D eigenvalue weighted by atomic mass is 10.3. The summed E-state index contributed by atoms with van der Waals surface area (Å²) in [7, 11) is 0. The Kier molecular flexibility index (Phi) is 1.67. The maximum atomic E-state index is 5.41. The maximum Gasteiger partial charge on any atom is 0.238 e. The van der Waals surface area contributed by atoms with Crippen LogP contribution < -0.4 is 9.47 Å². The van der Waals surface area contributed by atoms with E-state index in [9.17, 15) is 0 Å². The van der Waals surface area contributed by atoms with E-state index in [2.05, 4.69) is 22.6 Å². The molecule has 1 aromatic rings. The van der Waals surface area contributed by atoms with Gasteiger partial charge < -0.3 is 9.47 Å². The van der Waals surface area contributed by atoms with Crippen molar-refractivity contribution in [3.05, 3.63) is 21.8 Å². The Morgan fingerprint density at radius 1 is 1.36 bits per heavy atom. The molecule has 1 aromatic carbocycles. The van der Waals surface area contributed by atoms with Crippen LogP contribution in [0.4, 0.5) is 0 Å². The molecule has 0 saturated heterocycles. The summed E-state index contributed by atoms with van der Waals surface area (Å²) in [4.78, 5) is 0. The van der Waals surface area contributed by atoms with Crippen LogP contribution in [-0.4, -0.2) is 6.29 Å². The Morgan fingerprint density at radius 2 is 2.18 bits per heavy atom. The summed E-state index contributed by atoms with van der Waals surface area (Å²) < 4.78 is 11.9. The van der Waals surface area contributed by atoms with Crippen molar-refractivity contribution in [3.8, 4) is 11.5 Å². The molecule has 0 N–H and O–H groups in total. The fourth-order valence-corrected chi connectivity index (χ4v) is 1.67. The van der Waals surface area contributed by atoms with Crippen LogP contribution in [0.25, 0.3) is 0 Å². The molecule has 0 fully saturated rings. The Bertz CT molecular complexity index is 285. The summed E-state index contributed by atoms with van der Waals surface area (Å²) in [6, 6.07) is 5.88. The largest absolute Gasteiger partial charge is 0.451 e. The van der Waals surface area contributed by atoms with E-state index in [0.29, 0.717) is 0 Å². The van der Waals surface area contributed by atoms with Gasteiger partial charge in [-0.15, -0.1) is 0 Å². The van der Waals surface area contributed by atoms with E-state index in [0.717, 1.165) is 15.1 Å². The zero-order chi connectivity index (χ0) is 7.84. The molecule has 2 rings (SSSR count). The lowest BCUT2D eigenvalue weighted by Crippen LogP contribution is -2.11. The number of para-hydroxylation sites is 1. The average Bonchev–Trinajstić information content (AvgIpc) is 2.31. The number of hydrogen-bond donors (Lipinski definition) is 0. The van der Waals surface area contributed by atoms with E-state index in [1.807, 2.05) is 25.1 Å². The monoisotopic (exact) mass is 262 g/mol. The number of ether oxygens (including phenoxy) is 2. The second-order valence-electron chi connectivity index (χ2n) is 2.37. The van der Waals surface area contributed by atoms with Gasteiger partial charge in [0.25, 0.3) is 0 Å². The third kappa shape index (κ3) is 1.17. The van der Waals surface area contributed by atoms with Crippen LogP contribution in [0.15, 0.2) is 18.2 Å². The van der Waals surface area contributed by atoms with Crippen molar-refractivity contribution in [2.24, 2.45) is 0 Å². The van der Waals surface area contributed by atoms with Crippen LogP contribution in [-0.2, 0) is 0 Å². The zero-order valence-corrected chi connectivity index (χ0v) is 8.16. The second-order valence-corrected chi connectivity index (χ2v) is 3.53. The summed E-state index contributed by atoms with van der Waals surface area (Å²) in [6.07, 6.45) is -0.138. The van der Waals surface area contributed by atoms with Crippen molar-refractivity contribution in [2.45, 2.75) is 13.2 Å². The Morgan fingerprint density at radius 3 is 2.91 bits per heavy atom. The van der Waals surface area contributed by atoms with Gasteiger partial charge in [-0.3, -0.25) is 0 Å². The van der Waals surface area contributed by atoms with Gasteiger partial charge in [0.05, 0.1) is 3.57 Å². The van der Waals surface area contributed by atoms with Crippen LogP contribution in [0.1, 0.15) is 6.92 Å². The minimum Gasteiger partial charge on any atom is -0.451 e. The SMILES string of the molecule is CC1Oc2cccc(I)c2O1. The number of rotatable bonds is 0. The predicted molar refractivity (Wildman–Crippen MR) is 49.9 cm³/mol. The fraction of sp³-hybridized carbons (Fsp3) is 0.250. The molecule has 1 unspecified atom stereocenters. The Hall–Kier alpha value is -0.450. The quantitative estimate of drug-likeness (QED) is 0.668. The molecule has 2 nitrogen and oxygen atoms in total. The molecule has 1 aliphatic heterocycles. The molecular weight excluding hydrogens is 255 g/mol. The summed E-state index contributed by atoms with van der Waals surface area (Å²) >= 11 is 2.23. The number of halogens is 1. The molecule has 0 spiro atoms. The highest BCUT2D eigenvalue weighted by molar-refractivity contribution is 14.1. The Labute approximate surface area is 78.6 Å². The van der Waals surface area contributed by atoms with E-state index in [4.69, 9.17) is 9.47 Å². The van der Waals surface area contributed by atoms with E-state index < -0.39 is 0 Å². The van der Waals surface area contributed by atoms with Crippen LogP contribution in [0.2, 0.25) is 0 Å². The molecule has 0 aromatic heterocycles. The molecule has 0 amide bonds. The van der Waals surface area contributed by atoms with Gasteiger partial charge in [0.15, 0.2) is 11.5 Å². The van der Waals surface area contributed by atoms with Gasteiger partial charge in [-0.1, -0.05) is 6.07 Å². The lowest BCUT2D eigenvalue weighted by molar-refractivity contribution is 0.0674. The van der Waals surface area contributed by atoms with Crippen molar-refractivity contribution in [3.63, 3.8) is 0 Å². The normalized spacial score (nSPS) is 20.4. The molecule has 1 atom stereocenters. The maximum absolute atomic E-state index is 5.41. The fourth-order valence-electron chi connectivity index (χ4n) is 1.07. The van der Waals surface area contributed by atoms with Gasteiger partial charge in [-0.2, -0.15) is 0 Å². The third-order valence-electron chi connectivity index (χ3n) is 1.51. The smallest absolute Gasteiger partial charge is 0.238 e. The molecule has 1 heterocycles. The van der Waals surface area contributed by atoms with Gasteiger partial charge in [-0.25, -0.2) is 0 Å². The highest BCUT2D eigenvalue weighted by Gasteiger charge is 2.21. The van der Waals surface area contributed by atoms with Gasteiger partial charge in [0.1, 0.15) is 0 Å². The third-order valence-corrected chi connectivity index (χ3v) is 2.36. The molecule has 11 heavy (non-hydrogen) atoms. The topological polar surface area (TPSA) is 18.5 Å². The standard InChI is InChI=1S/C8H7IO2/c1-5-10-7-4-2-3-6(9)8(7)11-5/h2-5H,1H3. The van der Waals surface area contributed by atoms with E-state index in [1.165, 1.54) is 0 Å². The number of fused-ring (bicyclic) bond motifs is 1. The van der Waals surface area contributed by atoms with Crippen molar-refractivity contribution >= 4 is 22.6 Å². The highest BCUT2D eigenvalue weighted by Crippen LogP contribution is 2.37. The minimum absolute atomic E-state index is 0.138. The van der Waals surface area contributed by atoms with Gasteiger partial charge in [-0.05, 0) is 34.7 Å². The van der Waals surface area contributed by atoms with Gasteiger partial charge >= 0.3 is 0 Å². The van der Waals surface area contributed by atoms with Gasteiger partial charge in [0, 0.05) is 6.92 Å². The first-order valence-electron chi connectivity index (χ1n) is 3.39. The molecule has 0 radical (unpaired) electrons. The summed E-state index contributed by atoms with van der Waals surface area (Å²) in [5, 5.41) is 0. The first-order chi connectivity index (χ1) is 5.27. The predicted octanol–water partition coefficient (Wildman–Crippen LogP) is 2.41. The van der Waals surface area contributed by atoms with Crippen molar-refractivity contribution < 1.29 is 9.47 Å². The number of benzene rings is 1. The molecule has 3 heteroatoms. The van der Waals surface area contributed by atoms with Crippen molar-refractivity contribution in [1.29, 1.82) is 0 Å². The van der Waals surface area contributed by atoms with Gasteiger partial charge in [0.2, 0.25) is 6.29 Å². The summed E-state index contributed by atoms with van der Waals surface area (Å²) in [5.41, 5.74) is 0. The van der Waals surface area contributed by atoms with Crippen LogP contribution >= 0.6 is 22.6 Å². The molecule has 0 bridgehead atoms. The second kappa shape index (κ2) is 2.55. The molecule has 58 valence electrons. The highest BCUT2D eigenvalue weighted by atomic mass is 127. The van der Waals surface area contributed by atoms with Crippen LogP contribution in [0, 0.1) is 3.57 Å². The molecule has 1 aliphatic rings. The van der Waals surface area contributed by atoms with Crippen molar-refractivity contribution in [2.75, 3.05) is 0 Å². The molecule has 0 aliphatic carbocycles. The van der Waals surface area contributed by atoms with Crippen LogP contribution in [0.5, 0.6) is 11.5 Å². The summed E-state index contributed by atoms with van der Waals surface area (Å²) in [5.74, 6) is 1.73. The van der Waals surface area contributed by atoms with E-state index in [1.54, 1.807) is 0 Å². The molecular formula is C8H7IO2.